The van der Waals surface area contributed by atoms with Gasteiger partial charge in [0, 0.05) is 32.7 Å². The summed E-state index contributed by atoms with van der Waals surface area (Å²) >= 11 is 0. The van der Waals surface area contributed by atoms with Gasteiger partial charge in [-0.1, -0.05) is 30.3 Å². The van der Waals surface area contributed by atoms with Crippen molar-refractivity contribution >= 4 is 38.6 Å². The van der Waals surface area contributed by atoms with Crippen molar-refractivity contribution in [3.8, 4) is 0 Å². The molecule has 4 rings (SSSR count). The van der Waals surface area contributed by atoms with Crippen LogP contribution in [0.4, 0.5) is 0 Å². The summed E-state index contributed by atoms with van der Waals surface area (Å²) < 4.78 is 34.4. The highest BCUT2D eigenvalue weighted by atomic mass is 32.2. The predicted octanol–water partition coefficient (Wildman–Crippen LogP) is 0.457. The minimum Gasteiger partial charge on any atom is -0.378 e. The molecule has 12 heteroatoms. The summed E-state index contributed by atoms with van der Waals surface area (Å²) in [7, 11) is -4.09. The van der Waals surface area contributed by atoms with E-state index in [0.717, 1.165) is 23.6 Å². The third-order valence-corrected chi connectivity index (χ3v) is 8.26. The van der Waals surface area contributed by atoms with Gasteiger partial charge in [0.1, 0.15) is 6.04 Å². The Morgan fingerprint density at radius 3 is 2.54 bits per heavy atom. The van der Waals surface area contributed by atoms with Gasteiger partial charge in [-0.2, -0.15) is 4.72 Å². The Morgan fingerprint density at radius 2 is 1.81 bits per heavy atom. The zero-order chi connectivity index (χ0) is 26.4. The average Bonchev–Trinajstić information content (AvgIpc) is 2.91. The molecule has 11 nitrogen and oxygen atoms in total. The Labute approximate surface area is 216 Å². The Hall–Kier alpha value is -3.22. The first-order valence-electron chi connectivity index (χ1n) is 12.5. The molecule has 0 radical (unpaired) electrons. The molecule has 5 N–H and O–H groups in total. The third kappa shape index (κ3) is 6.96. The van der Waals surface area contributed by atoms with E-state index in [1.807, 2.05) is 24.3 Å². The van der Waals surface area contributed by atoms with Crippen LogP contribution in [0.2, 0.25) is 0 Å². The summed E-state index contributed by atoms with van der Waals surface area (Å²) in [6.45, 7) is 3.02. The maximum absolute atomic E-state index is 13.3. The maximum Gasteiger partial charge on any atom is 0.241 e. The molecule has 2 saturated heterocycles. The Kier molecular flexibility index (Phi) is 8.62. The lowest BCUT2D eigenvalue weighted by Crippen LogP contribution is -2.53. The lowest BCUT2D eigenvalue weighted by Gasteiger charge is -2.33. The van der Waals surface area contributed by atoms with Gasteiger partial charge in [-0.25, -0.2) is 8.42 Å². The number of guanidine groups is 1. The molecule has 2 atom stereocenters. The highest BCUT2D eigenvalue weighted by molar-refractivity contribution is 7.89. The zero-order valence-corrected chi connectivity index (χ0v) is 21.5. The summed E-state index contributed by atoms with van der Waals surface area (Å²) in [5.41, 5.74) is 5.60. The third-order valence-electron chi connectivity index (χ3n) is 6.79. The number of piperidine rings is 1. The lowest BCUT2D eigenvalue weighted by atomic mass is 9.98. The number of hydrogen-bond donors (Lipinski definition) is 4. The Balaban J connectivity index is 1.46. The maximum atomic E-state index is 13.3. The van der Waals surface area contributed by atoms with Crippen LogP contribution in [0.25, 0.3) is 10.8 Å². The number of nitrogens with one attached hydrogen (secondary N) is 3. The van der Waals surface area contributed by atoms with E-state index in [1.54, 1.807) is 17.0 Å². The van der Waals surface area contributed by atoms with Crippen LogP contribution >= 0.6 is 0 Å². The number of likely N-dealkylation sites (tertiary alicyclic amines) is 1. The smallest absolute Gasteiger partial charge is 0.241 e. The van der Waals surface area contributed by atoms with Gasteiger partial charge in [0.15, 0.2) is 5.96 Å². The summed E-state index contributed by atoms with van der Waals surface area (Å²) in [5, 5.41) is 12.1. The normalized spacial score (nSPS) is 19.4. The molecule has 37 heavy (non-hydrogen) atoms. The van der Waals surface area contributed by atoms with Crippen molar-refractivity contribution in [1.82, 2.24) is 19.8 Å². The van der Waals surface area contributed by atoms with Crippen LogP contribution in [0.3, 0.4) is 0 Å². The van der Waals surface area contributed by atoms with Gasteiger partial charge in [-0.3, -0.25) is 15.0 Å². The lowest BCUT2D eigenvalue weighted by molar-refractivity contribution is -0.139. The minimum absolute atomic E-state index is 0.00953. The van der Waals surface area contributed by atoms with E-state index >= 15 is 0 Å². The molecule has 0 saturated carbocycles. The molecule has 0 aromatic heterocycles. The molecular formula is C25H34N6O5S. The van der Waals surface area contributed by atoms with Crippen LogP contribution in [-0.4, -0.2) is 88.0 Å². The quantitative estimate of drug-likeness (QED) is 0.285. The fraction of sp³-hybridized carbons (Fsp3) is 0.480. The van der Waals surface area contributed by atoms with Crippen LogP contribution in [0.5, 0.6) is 0 Å². The van der Waals surface area contributed by atoms with Crippen molar-refractivity contribution in [1.29, 1.82) is 5.41 Å². The van der Waals surface area contributed by atoms with Gasteiger partial charge >= 0.3 is 0 Å². The number of morpholine rings is 1. The zero-order valence-electron chi connectivity index (χ0n) is 20.7. The van der Waals surface area contributed by atoms with Crippen molar-refractivity contribution in [3.05, 3.63) is 42.5 Å². The summed E-state index contributed by atoms with van der Waals surface area (Å²) in [6, 6.07) is 10.9. The molecule has 2 heterocycles. The number of rotatable bonds is 8. The second kappa shape index (κ2) is 11.9. The molecule has 0 spiro atoms. The molecule has 2 aromatic carbocycles. The van der Waals surface area contributed by atoms with Gasteiger partial charge in [0.2, 0.25) is 21.8 Å². The monoisotopic (exact) mass is 530 g/mol. The Bertz CT molecular complexity index is 1250. The van der Waals surface area contributed by atoms with E-state index in [9.17, 15) is 18.0 Å². The molecule has 200 valence electrons. The summed E-state index contributed by atoms with van der Waals surface area (Å²) in [6.07, 6.45) is 1.42. The number of fused-ring (bicyclic) bond motifs is 1. The number of nitrogens with two attached hydrogens (primary N) is 1. The topological polar surface area (TPSA) is 158 Å². The number of carbonyl (C=O) groups excluding carboxylic acids is 2. The molecule has 0 bridgehead atoms. The number of carbonyl (C=O) groups is 2. The fourth-order valence-corrected chi connectivity index (χ4v) is 5.96. The van der Waals surface area contributed by atoms with Crippen molar-refractivity contribution < 1.29 is 22.7 Å². The van der Waals surface area contributed by atoms with Crippen LogP contribution in [-0.2, 0) is 24.3 Å². The number of sulfonamides is 1. The molecule has 0 unspecified atom stereocenters. The van der Waals surface area contributed by atoms with Crippen molar-refractivity contribution in [2.45, 2.75) is 30.2 Å². The summed E-state index contributed by atoms with van der Waals surface area (Å²) in [5.74, 6) is -0.754. The largest absolute Gasteiger partial charge is 0.378 e. The molecule has 2 aromatic rings. The number of ether oxygens (including phenoxy) is 1. The number of hydrogen-bond acceptors (Lipinski definition) is 6. The first kappa shape index (κ1) is 26.8. The SMILES string of the molecule is N=C(N)N1CCC[C@@H](CNC(=O)C[C@H](NS(=O)(=O)c2ccc3ccccc3c2)C(=O)N2CCOCC2)C1. The van der Waals surface area contributed by atoms with Crippen molar-refractivity contribution in [3.63, 3.8) is 0 Å². The van der Waals surface area contributed by atoms with Crippen LogP contribution < -0.4 is 15.8 Å². The highest BCUT2D eigenvalue weighted by Gasteiger charge is 2.32. The number of amides is 2. The van der Waals surface area contributed by atoms with Crippen molar-refractivity contribution in [2.24, 2.45) is 11.7 Å². The minimum atomic E-state index is -4.09. The standard InChI is InChI=1S/C25H34N6O5S/c26-25(27)31-9-3-4-18(17-31)16-28-23(32)15-22(24(33)30-10-12-36-13-11-30)29-37(34,35)21-8-7-19-5-1-2-6-20(19)14-21/h1-2,5-8,14,18,22,29H,3-4,9-13,15-17H2,(H3,26,27)(H,28,32)/t18-,22-/m0/s1. The molecule has 0 aliphatic carbocycles. The second-order valence-electron chi connectivity index (χ2n) is 9.47. The van der Waals surface area contributed by atoms with E-state index in [2.05, 4.69) is 10.0 Å². The highest BCUT2D eigenvalue weighted by Crippen LogP contribution is 2.20. The van der Waals surface area contributed by atoms with Gasteiger partial charge in [0.25, 0.3) is 0 Å². The molecule has 2 aliphatic heterocycles. The molecular weight excluding hydrogens is 496 g/mol. The number of nitrogens with zero attached hydrogens (tertiary/aromatic N) is 2. The molecule has 2 fully saturated rings. The van der Waals surface area contributed by atoms with E-state index in [1.165, 1.54) is 11.0 Å². The Morgan fingerprint density at radius 1 is 1.08 bits per heavy atom. The number of benzene rings is 2. The van der Waals surface area contributed by atoms with Crippen LogP contribution in [0.1, 0.15) is 19.3 Å². The van der Waals surface area contributed by atoms with Gasteiger partial charge < -0.3 is 25.6 Å². The van der Waals surface area contributed by atoms with Gasteiger partial charge in [0.05, 0.1) is 24.5 Å². The average molecular weight is 531 g/mol. The predicted molar refractivity (Wildman–Crippen MR) is 139 cm³/mol. The molecule has 2 amide bonds. The van der Waals surface area contributed by atoms with Crippen LogP contribution in [0.15, 0.2) is 47.4 Å². The summed E-state index contributed by atoms with van der Waals surface area (Å²) in [4.78, 5) is 29.5. The van der Waals surface area contributed by atoms with Gasteiger partial charge in [-0.05, 0) is 41.7 Å². The fourth-order valence-electron chi connectivity index (χ4n) is 4.74. The first-order valence-corrected chi connectivity index (χ1v) is 13.9. The van der Waals surface area contributed by atoms with Crippen molar-refractivity contribution in [2.75, 3.05) is 45.9 Å². The van der Waals surface area contributed by atoms with E-state index in [4.69, 9.17) is 15.9 Å². The second-order valence-corrected chi connectivity index (χ2v) is 11.2. The first-order chi connectivity index (χ1) is 17.7. The van der Waals surface area contributed by atoms with Crippen LogP contribution in [0, 0.1) is 11.3 Å². The van der Waals surface area contributed by atoms with E-state index in [0.29, 0.717) is 45.9 Å². The van der Waals surface area contributed by atoms with E-state index < -0.39 is 27.9 Å². The van der Waals surface area contributed by atoms with E-state index in [-0.39, 0.29) is 23.2 Å². The molecule has 2 aliphatic rings. The van der Waals surface area contributed by atoms with Gasteiger partial charge in [-0.15, -0.1) is 0 Å².